The number of aromatic nitrogens is 2. The number of fused-ring (bicyclic) bond motifs is 1. The molecule has 2 saturated heterocycles. The number of alkyl halides is 3. The van der Waals surface area contributed by atoms with E-state index in [9.17, 15) is 18.0 Å². The topological polar surface area (TPSA) is 64.3 Å². The second kappa shape index (κ2) is 8.70. The number of halogens is 3. The van der Waals surface area contributed by atoms with Crippen LogP contribution in [0.1, 0.15) is 41.6 Å². The Kier molecular flexibility index (Phi) is 5.74. The number of rotatable bonds is 4. The SMILES string of the molecule is O=C(Nc1ccc2[nH]ncc2c1)c1cc(N2CCC(N3CCCC3)CC2)cc(C(F)(F)F)c1. The van der Waals surface area contributed by atoms with E-state index in [-0.39, 0.29) is 5.56 Å². The number of likely N-dealkylation sites (tertiary alicyclic amines) is 1. The van der Waals surface area contributed by atoms with Crippen molar-refractivity contribution in [2.24, 2.45) is 0 Å². The molecule has 0 unspecified atom stereocenters. The van der Waals surface area contributed by atoms with Crippen LogP contribution < -0.4 is 10.2 Å². The Morgan fingerprint density at radius 2 is 1.79 bits per heavy atom. The normalized spacial score (nSPS) is 18.2. The first kappa shape index (κ1) is 21.8. The van der Waals surface area contributed by atoms with Gasteiger partial charge in [0.2, 0.25) is 0 Å². The van der Waals surface area contributed by atoms with Crippen LogP contribution in [0.25, 0.3) is 10.9 Å². The molecule has 9 heteroatoms. The maximum Gasteiger partial charge on any atom is 0.416 e. The number of piperidine rings is 1. The number of carbonyl (C=O) groups excluding carboxylic acids is 1. The van der Waals surface area contributed by atoms with Gasteiger partial charge in [-0.15, -0.1) is 0 Å². The fourth-order valence-corrected chi connectivity index (χ4v) is 4.91. The van der Waals surface area contributed by atoms with Crippen molar-refractivity contribution in [2.75, 3.05) is 36.4 Å². The number of carbonyl (C=O) groups is 1. The molecule has 2 N–H and O–H groups in total. The van der Waals surface area contributed by atoms with Crippen LogP contribution in [0, 0.1) is 0 Å². The predicted octanol–water partition coefficient (Wildman–Crippen LogP) is 4.90. The standard InChI is InChI=1S/C24H26F3N5O/c25-24(26,27)18-11-16(23(33)29-19-3-4-22-17(12-19)15-28-30-22)13-21(14-18)32-9-5-20(6-10-32)31-7-1-2-8-31/h3-4,11-15,20H,1-2,5-10H2,(H,28,30)(H,29,33). The first-order valence-corrected chi connectivity index (χ1v) is 11.3. The highest BCUT2D eigenvalue weighted by Gasteiger charge is 2.33. The fraction of sp³-hybridized carbons (Fsp3) is 0.417. The molecule has 0 spiro atoms. The number of nitrogens with one attached hydrogen (secondary N) is 2. The monoisotopic (exact) mass is 457 g/mol. The lowest BCUT2D eigenvalue weighted by Crippen LogP contribution is -2.44. The molecule has 0 bridgehead atoms. The Bertz CT molecular complexity index is 1140. The van der Waals surface area contributed by atoms with Crippen molar-refractivity contribution in [1.82, 2.24) is 15.1 Å². The molecule has 0 radical (unpaired) electrons. The fourth-order valence-electron chi connectivity index (χ4n) is 4.91. The zero-order valence-corrected chi connectivity index (χ0v) is 18.2. The smallest absolute Gasteiger partial charge is 0.371 e. The van der Waals surface area contributed by atoms with Crippen molar-refractivity contribution in [3.8, 4) is 0 Å². The van der Waals surface area contributed by atoms with E-state index in [0.717, 1.165) is 49.0 Å². The Labute approximate surface area is 189 Å². The van der Waals surface area contributed by atoms with Crippen LogP contribution in [-0.2, 0) is 6.18 Å². The van der Waals surface area contributed by atoms with Gasteiger partial charge < -0.3 is 15.1 Å². The third kappa shape index (κ3) is 4.68. The number of nitrogens with zero attached hydrogens (tertiary/aromatic N) is 3. The molecule has 1 aromatic heterocycles. The molecule has 2 fully saturated rings. The van der Waals surface area contributed by atoms with Crippen LogP contribution in [0.15, 0.2) is 42.6 Å². The predicted molar refractivity (Wildman–Crippen MR) is 122 cm³/mol. The lowest BCUT2D eigenvalue weighted by atomic mass is 10.0. The summed E-state index contributed by atoms with van der Waals surface area (Å²) < 4.78 is 40.9. The number of anilines is 2. The molecule has 5 rings (SSSR count). The zero-order valence-electron chi connectivity index (χ0n) is 18.2. The molecule has 174 valence electrons. The molecule has 2 aliphatic heterocycles. The molecule has 0 saturated carbocycles. The van der Waals surface area contributed by atoms with Gasteiger partial charge in [-0.3, -0.25) is 9.89 Å². The molecule has 0 aliphatic carbocycles. The van der Waals surface area contributed by atoms with Gasteiger partial charge in [0.15, 0.2) is 0 Å². The first-order chi connectivity index (χ1) is 15.9. The number of amides is 1. The van der Waals surface area contributed by atoms with Crippen molar-refractivity contribution in [3.63, 3.8) is 0 Å². The van der Waals surface area contributed by atoms with Crippen molar-refractivity contribution >= 4 is 28.2 Å². The summed E-state index contributed by atoms with van der Waals surface area (Å²) in [6, 6.07) is 9.33. The minimum absolute atomic E-state index is 0.00576. The van der Waals surface area contributed by atoms with Gasteiger partial charge in [-0.05, 0) is 75.2 Å². The quantitative estimate of drug-likeness (QED) is 0.585. The van der Waals surface area contributed by atoms with E-state index in [1.807, 2.05) is 4.90 Å². The summed E-state index contributed by atoms with van der Waals surface area (Å²) in [5.41, 5.74) is 0.942. The highest BCUT2D eigenvalue weighted by molar-refractivity contribution is 6.05. The Morgan fingerprint density at radius 3 is 2.52 bits per heavy atom. The van der Waals surface area contributed by atoms with Gasteiger partial charge >= 0.3 is 6.18 Å². The van der Waals surface area contributed by atoms with Gasteiger partial charge in [0.05, 0.1) is 17.3 Å². The van der Waals surface area contributed by atoms with Crippen LogP contribution in [0.5, 0.6) is 0 Å². The summed E-state index contributed by atoms with van der Waals surface area (Å²) >= 11 is 0. The minimum Gasteiger partial charge on any atom is -0.371 e. The summed E-state index contributed by atoms with van der Waals surface area (Å²) in [4.78, 5) is 17.4. The van der Waals surface area contributed by atoms with E-state index in [4.69, 9.17) is 0 Å². The zero-order chi connectivity index (χ0) is 23.0. The van der Waals surface area contributed by atoms with Gasteiger partial charge in [0, 0.05) is 41.5 Å². The van der Waals surface area contributed by atoms with Crippen LogP contribution in [-0.4, -0.2) is 53.2 Å². The molecule has 3 heterocycles. The number of aromatic amines is 1. The maximum absolute atomic E-state index is 13.6. The Morgan fingerprint density at radius 1 is 1.03 bits per heavy atom. The molecule has 33 heavy (non-hydrogen) atoms. The first-order valence-electron chi connectivity index (χ1n) is 11.3. The maximum atomic E-state index is 13.6. The van der Waals surface area contributed by atoms with Crippen LogP contribution in [0.4, 0.5) is 24.5 Å². The van der Waals surface area contributed by atoms with Crippen molar-refractivity contribution in [2.45, 2.75) is 37.9 Å². The molecule has 2 aliphatic rings. The van der Waals surface area contributed by atoms with Crippen LogP contribution in [0.2, 0.25) is 0 Å². The molecular formula is C24H26F3N5O. The summed E-state index contributed by atoms with van der Waals surface area (Å²) in [7, 11) is 0. The molecule has 2 aromatic carbocycles. The third-order valence-electron chi connectivity index (χ3n) is 6.69. The largest absolute Gasteiger partial charge is 0.416 e. The minimum atomic E-state index is -4.53. The lowest BCUT2D eigenvalue weighted by molar-refractivity contribution is -0.137. The van der Waals surface area contributed by atoms with E-state index in [1.54, 1.807) is 30.5 Å². The number of benzene rings is 2. The summed E-state index contributed by atoms with van der Waals surface area (Å²) in [5, 5.41) is 10.3. The molecular weight excluding hydrogens is 431 g/mol. The molecule has 0 atom stereocenters. The second-order valence-electron chi connectivity index (χ2n) is 8.85. The average Bonchev–Trinajstić information content (AvgIpc) is 3.50. The third-order valence-corrected chi connectivity index (χ3v) is 6.69. The Hall–Kier alpha value is -3.07. The summed E-state index contributed by atoms with van der Waals surface area (Å²) in [6.07, 6.45) is 1.37. The van der Waals surface area contributed by atoms with E-state index in [0.29, 0.717) is 30.5 Å². The van der Waals surface area contributed by atoms with E-state index in [2.05, 4.69) is 20.4 Å². The van der Waals surface area contributed by atoms with Crippen molar-refractivity contribution < 1.29 is 18.0 Å². The molecule has 1 amide bonds. The van der Waals surface area contributed by atoms with Crippen LogP contribution in [0.3, 0.4) is 0 Å². The van der Waals surface area contributed by atoms with Crippen LogP contribution >= 0.6 is 0 Å². The average molecular weight is 458 g/mol. The van der Waals surface area contributed by atoms with E-state index < -0.39 is 17.6 Å². The van der Waals surface area contributed by atoms with Gasteiger partial charge in [-0.2, -0.15) is 18.3 Å². The van der Waals surface area contributed by atoms with Gasteiger partial charge in [-0.25, -0.2) is 0 Å². The summed E-state index contributed by atoms with van der Waals surface area (Å²) in [5.74, 6) is -0.572. The number of hydrogen-bond donors (Lipinski definition) is 2. The van der Waals surface area contributed by atoms with E-state index >= 15 is 0 Å². The van der Waals surface area contributed by atoms with Gasteiger partial charge in [0.1, 0.15) is 0 Å². The number of H-pyrrole nitrogens is 1. The van der Waals surface area contributed by atoms with Crippen molar-refractivity contribution in [3.05, 3.63) is 53.7 Å². The second-order valence-corrected chi connectivity index (χ2v) is 8.85. The highest BCUT2D eigenvalue weighted by Crippen LogP contribution is 2.34. The number of hydrogen-bond acceptors (Lipinski definition) is 4. The Balaban J connectivity index is 1.36. The van der Waals surface area contributed by atoms with Gasteiger partial charge in [-0.1, -0.05) is 0 Å². The highest BCUT2D eigenvalue weighted by atomic mass is 19.4. The lowest BCUT2D eigenvalue weighted by Gasteiger charge is -2.38. The molecule has 3 aromatic rings. The van der Waals surface area contributed by atoms with Crippen molar-refractivity contribution in [1.29, 1.82) is 0 Å². The summed E-state index contributed by atoms with van der Waals surface area (Å²) in [6.45, 7) is 3.59. The van der Waals surface area contributed by atoms with Gasteiger partial charge in [0.25, 0.3) is 5.91 Å². The molecule has 6 nitrogen and oxygen atoms in total. The van der Waals surface area contributed by atoms with E-state index in [1.165, 1.54) is 12.8 Å².